The lowest BCUT2D eigenvalue weighted by Crippen LogP contribution is -2.46. The van der Waals surface area contributed by atoms with Crippen molar-refractivity contribution in [1.82, 2.24) is 20.2 Å². The van der Waals surface area contributed by atoms with Crippen LogP contribution in [-0.4, -0.2) is 53.5 Å². The number of hydrogen-bond donors (Lipinski definition) is 3. The Morgan fingerprint density at radius 1 is 1.40 bits per heavy atom. The molecular formula is C14H19N5O. The van der Waals surface area contributed by atoms with Gasteiger partial charge in [0.25, 0.3) is 0 Å². The number of carbonyl (C=O) groups is 1. The Morgan fingerprint density at radius 2 is 2.20 bits per heavy atom. The molecule has 0 aliphatic carbocycles. The predicted octanol–water partition coefficient (Wildman–Crippen LogP) is 0.715. The standard InChI is InChI=1S/C14H19N5O/c1-10-16-12-3-2-11(8-13(12)17-10)18-14(20)9-19-6-4-15-5-7-19/h2-3,8,15H,4-7,9H2,1H3,(H,16,17)(H,18,20). The van der Waals surface area contributed by atoms with Crippen LogP contribution in [0.5, 0.6) is 0 Å². The highest BCUT2D eigenvalue weighted by atomic mass is 16.2. The number of aromatic nitrogens is 2. The molecule has 0 bridgehead atoms. The molecule has 1 fully saturated rings. The predicted molar refractivity (Wildman–Crippen MR) is 78.8 cm³/mol. The maximum absolute atomic E-state index is 12.0. The normalized spacial score (nSPS) is 16.4. The summed E-state index contributed by atoms with van der Waals surface area (Å²) < 4.78 is 0. The second-order valence-electron chi connectivity index (χ2n) is 5.13. The number of anilines is 1. The monoisotopic (exact) mass is 273 g/mol. The molecule has 6 heteroatoms. The van der Waals surface area contributed by atoms with Crippen molar-refractivity contribution in [2.24, 2.45) is 0 Å². The number of aryl methyl sites for hydroxylation is 1. The third kappa shape index (κ3) is 2.97. The molecule has 0 radical (unpaired) electrons. The Morgan fingerprint density at radius 3 is 3.00 bits per heavy atom. The van der Waals surface area contributed by atoms with E-state index in [0.717, 1.165) is 48.7 Å². The summed E-state index contributed by atoms with van der Waals surface area (Å²) in [4.78, 5) is 21.7. The fraction of sp³-hybridized carbons (Fsp3) is 0.429. The summed E-state index contributed by atoms with van der Waals surface area (Å²) in [5.74, 6) is 0.909. The summed E-state index contributed by atoms with van der Waals surface area (Å²) in [6.45, 7) is 6.11. The summed E-state index contributed by atoms with van der Waals surface area (Å²) in [5, 5.41) is 6.22. The second-order valence-corrected chi connectivity index (χ2v) is 5.13. The van der Waals surface area contributed by atoms with Crippen molar-refractivity contribution in [3.8, 4) is 0 Å². The minimum absolute atomic E-state index is 0.0301. The molecule has 2 aromatic rings. The van der Waals surface area contributed by atoms with Gasteiger partial charge >= 0.3 is 0 Å². The van der Waals surface area contributed by atoms with Gasteiger partial charge in [-0.15, -0.1) is 0 Å². The van der Waals surface area contributed by atoms with Crippen LogP contribution >= 0.6 is 0 Å². The molecule has 6 nitrogen and oxygen atoms in total. The number of rotatable bonds is 3. The fourth-order valence-corrected chi connectivity index (χ4v) is 2.49. The van der Waals surface area contributed by atoms with Gasteiger partial charge in [-0.05, 0) is 25.1 Å². The van der Waals surface area contributed by atoms with E-state index in [-0.39, 0.29) is 5.91 Å². The molecule has 0 unspecified atom stereocenters. The van der Waals surface area contributed by atoms with E-state index in [1.165, 1.54) is 0 Å². The van der Waals surface area contributed by atoms with Crippen molar-refractivity contribution < 1.29 is 4.79 Å². The van der Waals surface area contributed by atoms with E-state index >= 15 is 0 Å². The van der Waals surface area contributed by atoms with Gasteiger partial charge in [-0.2, -0.15) is 0 Å². The molecule has 0 atom stereocenters. The number of amides is 1. The first-order valence-electron chi connectivity index (χ1n) is 6.90. The number of nitrogens with zero attached hydrogens (tertiary/aromatic N) is 2. The molecule has 3 N–H and O–H groups in total. The molecule has 1 aliphatic heterocycles. The van der Waals surface area contributed by atoms with Crippen LogP contribution in [0.2, 0.25) is 0 Å². The lowest BCUT2D eigenvalue weighted by atomic mass is 10.2. The lowest BCUT2D eigenvalue weighted by Gasteiger charge is -2.26. The molecule has 2 heterocycles. The molecule has 1 aromatic heterocycles. The number of H-pyrrole nitrogens is 1. The summed E-state index contributed by atoms with van der Waals surface area (Å²) in [7, 11) is 0. The summed E-state index contributed by atoms with van der Waals surface area (Å²) in [6, 6.07) is 5.72. The number of aromatic amines is 1. The van der Waals surface area contributed by atoms with Crippen molar-refractivity contribution in [3.05, 3.63) is 24.0 Å². The first kappa shape index (κ1) is 13.1. The number of piperazine rings is 1. The van der Waals surface area contributed by atoms with Crippen molar-refractivity contribution in [1.29, 1.82) is 0 Å². The van der Waals surface area contributed by atoms with Gasteiger partial charge in [0.1, 0.15) is 5.82 Å². The zero-order valence-corrected chi connectivity index (χ0v) is 11.6. The van der Waals surface area contributed by atoms with Gasteiger partial charge < -0.3 is 15.6 Å². The maximum atomic E-state index is 12.0. The lowest BCUT2D eigenvalue weighted by molar-refractivity contribution is -0.117. The molecule has 3 rings (SSSR count). The Hall–Kier alpha value is -1.92. The van der Waals surface area contributed by atoms with Crippen LogP contribution in [0.3, 0.4) is 0 Å². The van der Waals surface area contributed by atoms with Crippen LogP contribution < -0.4 is 10.6 Å². The fourth-order valence-electron chi connectivity index (χ4n) is 2.49. The summed E-state index contributed by atoms with van der Waals surface area (Å²) >= 11 is 0. The average Bonchev–Trinajstić information content (AvgIpc) is 2.79. The first-order valence-corrected chi connectivity index (χ1v) is 6.90. The molecule has 1 amide bonds. The Kier molecular flexibility index (Phi) is 3.66. The van der Waals surface area contributed by atoms with Gasteiger partial charge in [-0.3, -0.25) is 9.69 Å². The summed E-state index contributed by atoms with van der Waals surface area (Å²) in [6.07, 6.45) is 0. The SMILES string of the molecule is Cc1nc2ccc(NC(=O)CN3CCNCC3)cc2[nH]1. The van der Waals surface area contributed by atoms with E-state index in [4.69, 9.17) is 0 Å². The number of hydrogen-bond acceptors (Lipinski definition) is 4. The van der Waals surface area contributed by atoms with E-state index < -0.39 is 0 Å². The van der Waals surface area contributed by atoms with Crippen molar-refractivity contribution in [2.75, 3.05) is 38.0 Å². The Bertz CT molecular complexity index is 615. The number of nitrogens with one attached hydrogen (secondary N) is 3. The van der Waals surface area contributed by atoms with Crippen LogP contribution in [0, 0.1) is 6.92 Å². The zero-order valence-electron chi connectivity index (χ0n) is 11.6. The van der Waals surface area contributed by atoms with Gasteiger partial charge in [-0.25, -0.2) is 4.98 Å². The number of fused-ring (bicyclic) bond motifs is 1. The minimum atomic E-state index is 0.0301. The van der Waals surface area contributed by atoms with E-state index in [2.05, 4.69) is 25.5 Å². The van der Waals surface area contributed by atoms with Crippen LogP contribution in [0.15, 0.2) is 18.2 Å². The minimum Gasteiger partial charge on any atom is -0.342 e. The average molecular weight is 273 g/mol. The molecule has 1 saturated heterocycles. The topological polar surface area (TPSA) is 73.1 Å². The van der Waals surface area contributed by atoms with E-state index in [0.29, 0.717) is 6.54 Å². The molecule has 106 valence electrons. The zero-order chi connectivity index (χ0) is 13.9. The van der Waals surface area contributed by atoms with Gasteiger partial charge in [0.15, 0.2) is 0 Å². The molecule has 1 aliphatic rings. The van der Waals surface area contributed by atoms with E-state index in [9.17, 15) is 4.79 Å². The number of carbonyl (C=O) groups excluding carboxylic acids is 1. The van der Waals surface area contributed by atoms with Gasteiger partial charge in [0.05, 0.1) is 17.6 Å². The van der Waals surface area contributed by atoms with Gasteiger partial charge in [0, 0.05) is 31.9 Å². The van der Waals surface area contributed by atoms with Crippen molar-refractivity contribution >= 4 is 22.6 Å². The molecule has 1 aromatic carbocycles. The third-order valence-electron chi connectivity index (χ3n) is 3.46. The van der Waals surface area contributed by atoms with Crippen LogP contribution in [0.25, 0.3) is 11.0 Å². The highest BCUT2D eigenvalue weighted by Crippen LogP contribution is 2.17. The van der Waals surface area contributed by atoms with Crippen molar-refractivity contribution in [3.63, 3.8) is 0 Å². The number of imidazole rings is 1. The quantitative estimate of drug-likeness (QED) is 0.770. The molecule has 0 saturated carbocycles. The molecule has 20 heavy (non-hydrogen) atoms. The Labute approximate surface area is 117 Å². The van der Waals surface area contributed by atoms with E-state index in [1.54, 1.807) is 0 Å². The maximum Gasteiger partial charge on any atom is 0.238 e. The molecule has 0 spiro atoms. The van der Waals surface area contributed by atoms with Crippen LogP contribution in [-0.2, 0) is 4.79 Å². The third-order valence-corrected chi connectivity index (χ3v) is 3.46. The number of benzene rings is 1. The van der Waals surface area contributed by atoms with E-state index in [1.807, 2.05) is 25.1 Å². The van der Waals surface area contributed by atoms with Crippen LogP contribution in [0.4, 0.5) is 5.69 Å². The van der Waals surface area contributed by atoms with Crippen molar-refractivity contribution in [2.45, 2.75) is 6.92 Å². The van der Waals surface area contributed by atoms with Crippen LogP contribution in [0.1, 0.15) is 5.82 Å². The van der Waals surface area contributed by atoms with Gasteiger partial charge in [-0.1, -0.05) is 0 Å². The summed E-state index contributed by atoms with van der Waals surface area (Å²) in [5.41, 5.74) is 2.67. The van der Waals surface area contributed by atoms with Gasteiger partial charge in [0.2, 0.25) is 5.91 Å². The Balaban J connectivity index is 1.64. The smallest absolute Gasteiger partial charge is 0.238 e. The highest BCUT2D eigenvalue weighted by molar-refractivity contribution is 5.94. The first-order chi connectivity index (χ1) is 9.70. The molecular weight excluding hydrogens is 254 g/mol. The largest absolute Gasteiger partial charge is 0.342 e. The highest BCUT2D eigenvalue weighted by Gasteiger charge is 2.13. The second kappa shape index (κ2) is 5.60.